The standard InChI is InChI=1S/C9H17NO2S2/c11-14(12,7-8-1-2-8)4-3-10-9-5-13-6-9/h8-10H,1-7H2. The van der Waals surface area contributed by atoms with Crippen molar-refractivity contribution in [1.82, 2.24) is 5.32 Å². The normalized spacial score (nSPS) is 23.4. The molecule has 3 nitrogen and oxygen atoms in total. The van der Waals surface area contributed by atoms with E-state index < -0.39 is 9.84 Å². The highest BCUT2D eigenvalue weighted by atomic mass is 32.2. The molecule has 0 bridgehead atoms. The first kappa shape index (κ1) is 10.8. The van der Waals surface area contributed by atoms with Crippen LogP contribution in [0.4, 0.5) is 0 Å². The van der Waals surface area contributed by atoms with Gasteiger partial charge in [-0.05, 0) is 18.8 Å². The fraction of sp³-hybridized carbons (Fsp3) is 1.00. The number of thioether (sulfide) groups is 1. The van der Waals surface area contributed by atoms with E-state index in [9.17, 15) is 8.42 Å². The summed E-state index contributed by atoms with van der Waals surface area (Å²) in [6.45, 7) is 0.639. The van der Waals surface area contributed by atoms with Gasteiger partial charge in [-0.25, -0.2) is 8.42 Å². The molecule has 0 aromatic heterocycles. The van der Waals surface area contributed by atoms with Crippen molar-refractivity contribution < 1.29 is 8.42 Å². The Balaban J connectivity index is 1.62. The van der Waals surface area contributed by atoms with Gasteiger partial charge in [-0.3, -0.25) is 0 Å². The fourth-order valence-electron chi connectivity index (χ4n) is 1.50. The first-order valence-corrected chi connectivity index (χ1v) is 8.15. The second kappa shape index (κ2) is 4.41. The first-order chi connectivity index (χ1) is 6.66. The van der Waals surface area contributed by atoms with Crippen LogP contribution in [-0.4, -0.2) is 44.0 Å². The van der Waals surface area contributed by atoms with Gasteiger partial charge in [-0.2, -0.15) is 11.8 Å². The van der Waals surface area contributed by atoms with E-state index in [4.69, 9.17) is 0 Å². The summed E-state index contributed by atoms with van der Waals surface area (Å²) in [5.74, 6) is 3.52. The zero-order valence-corrected chi connectivity index (χ0v) is 9.87. The molecule has 0 amide bonds. The van der Waals surface area contributed by atoms with E-state index in [1.807, 2.05) is 11.8 Å². The van der Waals surface area contributed by atoms with Crippen LogP contribution < -0.4 is 5.32 Å². The van der Waals surface area contributed by atoms with Gasteiger partial charge in [0.25, 0.3) is 0 Å². The number of nitrogens with one attached hydrogen (secondary N) is 1. The average molecular weight is 235 g/mol. The van der Waals surface area contributed by atoms with E-state index in [0.29, 0.717) is 30.0 Å². The molecule has 1 saturated carbocycles. The third kappa shape index (κ3) is 3.44. The maximum atomic E-state index is 11.5. The lowest BCUT2D eigenvalue weighted by atomic mass is 10.4. The van der Waals surface area contributed by atoms with E-state index in [-0.39, 0.29) is 0 Å². The van der Waals surface area contributed by atoms with Gasteiger partial charge in [0.1, 0.15) is 0 Å². The molecule has 1 heterocycles. The number of sulfone groups is 1. The van der Waals surface area contributed by atoms with Crippen LogP contribution in [0.3, 0.4) is 0 Å². The molecule has 0 radical (unpaired) electrons. The molecule has 1 N–H and O–H groups in total. The van der Waals surface area contributed by atoms with Gasteiger partial charge in [0.05, 0.1) is 11.5 Å². The van der Waals surface area contributed by atoms with Crippen molar-refractivity contribution in [1.29, 1.82) is 0 Å². The van der Waals surface area contributed by atoms with Crippen molar-refractivity contribution >= 4 is 21.6 Å². The Morgan fingerprint density at radius 2 is 2.00 bits per heavy atom. The summed E-state index contributed by atoms with van der Waals surface area (Å²) >= 11 is 1.91. The maximum Gasteiger partial charge on any atom is 0.151 e. The molecular weight excluding hydrogens is 218 g/mol. The summed E-state index contributed by atoms with van der Waals surface area (Å²) in [6, 6.07) is 0.566. The van der Waals surface area contributed by atoms with Crippen molar-refractivity contribution in [2.75, 3.05) is 29.6 Å². The predicted octanol–water partition coefficient (Wildman–Crippen LogP) is 0.516. The van der Waals surface area contributed by atoms with Crippen LogP contribution in [-0.2, 0) is 9.84 Å². The zero-order valence-electron chi connectivity index (χ0n) is 8.24. The van der Waals surface area contributed by atoms with Crippen LogP contribution in [0, 0.1) is 5.92 Å². The van der Waals surface area contributed by atoms with Crippen LogP contribution >= 0.6 is 11.8 Å². The maximum absolute atomic E-state index is 11.5. The van der Waals surface area contributed by atoms with Gasteiger partial charge < -0.3 is 5.32 Å². The quantitative estimate of drug-likeness (QED) is 0.729. The van der Waals surface area contributed by atoms with Crippen molar-refractivity contribution in [3.05, 3.63) is 0 Å². The molecule has 2 aliphatic rings. The second-order valence-electron chi connectivity index (χ2n) is 4.25. The third-order valence-electron chi connectivity index (χ3n) is 2.67. The van der Waals surface area contributed by atoms with Crippen LogP contribution in [0.15, 0.2) is 0 Å². The lowest BCUT2D eigenvalue weighted by molar-refractivity contribution is 0.573. The van der Waals surface area contributed by atoms with Crippen LogP contribution in [0.5, 0.6) is 0 Å². The highest BCUT2D eigenvalue weighted by Gasteiger charge is 2.28. The van der Waals surface area contributed by atoms with Crippen molar-refractivity contribution in [2.45, 2.75) is 18.9 Å². The predicted molar refractivity (Wildman–Crippen MR) is 60.5 cm³/mol. The lowest BCUT2D eigenvalue weighted by Gasteiger charge is -2.25. The average Bonchev–Trinajstić information content (AvgIpc) is 2.77. The molecule has 1 saturated heterocycles. The Kier molecular flexibility index (Phi) is 3.39. The van der Waals surface area contributed by atoms with Gasteiger partial charge in [0, 0.05) is 24.1 Å². The molecule has 82 valence electrons. The van der Waals surface area contributed by atoms with Crippen molar-refractivity contribution in [2.24, 2.45) is 5.92 Å². The molecule has 0 unspecified atom stereocenters. The number of rotatable bonds is 6. The molecule has 0 atom stereocenters. The molecule has 0 aromatic rings. The molecule has 1 aliphatic carbocycles. The molecule has 0 aromatic carbocycles. The topological polar surface area (TPSA) is 46.2 Å². The Morgan fingerprint density at radius 1 is 1.29 bits per heavy atom. The van der Waals surface area contributed by atoms with Gasteiger partial charge in [-0.1, -0.05) is 0 Å². The molecule has 5 heteroatoms. The Labute approximate surface area is 89.9 Å². The molecule has 2 rings (SSSR count). The molecule has 14 heavy (non-hydrogen) atoms. The van der Waals surface area contributed by atoms with E-state index in [1.54, 1.807) is 0 Å². The minimum atomic E-state index is -2.77. The van der Waals surface area contributed by atoms with Gasteiger partial charge in [-0.15, -0.1) is 0 Å². The summed E-state index contributed by atoms with van der Waals surface area (Å²) in [5, 5.41) is 3.27. The fourth-order valence-corrected chi connectivity index (χ4v) is 3.85. The molecular formula is C9H17NO2S2. The van der Waals surface area contributed by atoms with Gasteiger partial charge >= 0.3 is 0 Å². The van der Waals surface area contributed by atoms with Crippen LogP contribution in [0.25, 0.3) is 0 Å². The lowest BCUT2D eigenvalue weighted by Crippen LogP contribution is -2.42. The molecule has 2 fully saturated rings. The Morgan fingerprint density at radius 3 is 2.50 bits per heavy atom. The molecule has 1 aliphatic heterocycles. The Hall–Kier alpha value is 0.260. The summed E-state index contributed by atoms with van der Waals surface area (Å²) < 4.78 is 23.0. The number of hydrogen-bond acceptors (Lipinski definition) is 4. The summed E-state index contributed by atoms with van der Waals surface area (Å²) in [7, 11) is -2.77. The highest BCUT2D eigenvalue weighted by Crippen LogP contribution is 2.30. The summed E-state index contributed by atoms with van der Waals surface area (Å²) in [4.78, 5) is 0. The second-order valence-corrected chi connectivity index (χ2v) is 7.55. The first-order valence-electron chi connectivity index (χ1n) is 5.17. The Bertz CT molecular complexity index is 281. The van der Waals surface area contributed by atoms with E-state index in [2.05, 4.69) is 5.32 Å². The monoisotopic (exact) mass is 235 g/mol. The van der Waals surface area contributed by atoms with Crippen molar-refractivity contribution in [3.8, 4) is 0 Å². The van der Waals surface area contributed by atoms with Gasteiger partial charge in [0.2, 0.25) is 0 Å². The van der Waals surface area contributed by atoms with E-state index >= 15 is 0 Å². The van der Waals surface area contributed by atoms with Crippen molar-refractivity contribution in [3.63, 3.8) is 0 Å². The zero-order chi connectivity index (χ0) is 10.0. The largest absolute Gasteiger partial charge is 0.311 e. The third-order valence-corrected chi connectivity index (χ3v) is 5.75. The summed E-state index contributed by atoms with van der Waals surface area (Å²) in [6.07, 6.45) is 2.23. The van der Waals surface area contributed by atoms with E-state index in [0.717, 1.165) is 24.3 Å². The smallest absolute Gasteiger partial charge is 0.151 e. The highest BCUT2D eigenvalue weighted by molar-refractivity contribution is 8.00. The van der Waals surface area contributed by atoms with E-state index in [1.165, 1.54) is 0 Å². The van der Waals surface area contributed by atoms with Gasteiger partial charge in [0.15, 0.2) is 9.84 Å². The minimum Gasteiger partial charge on any atom is -0.311 e. The minimum absolute atomic E-state index is 0.324. The van der Waals surface area contributed by atoms with Crippen LogP contribution in [0.1, 0.15) is 12.8 Å². The summed E-state index contributed by atoms with van der Waals surface area (Å²) in [5.41, 5.74) is 0. The number of hydrogen-bond donors (Lipinski definition) is 1. The SMILES string of the molecule is O=S(=O)(CCNC1CSC1)CC1CC1. The molecule has 0 spiro atoms. The van der Waals surface area contributed by atoms with Crippen LogP contribution in [0.2, 0.25) is 0 Å².